The van der Waals surface area contributed by atoms with Crippen LogP contribution in [0.15, 0.2) is 18.3 Å². The van der Waals surface area contributed by atoms with Crippen LogP contribution in [0, 0.1) is 6.92 Å². The highest BCUT2D eigenvalue weighted by Gasteiger charge is 2.35. The van der Waals surface area contributed by atoms with E-state index in [1.807, 2.05) is 13.1 Å². The number of aryl methyl sites for hydroxylation is 1. The van der Waals surface area contributed by atoms with Gasteiger partial charge >= 0.3 is 0 Å². The summed E-state index contributed by atoms with van der Waals surface area (Å²) < 4.78 is 0. The highest BCUT2D eigenvalue weighted by molar-refractivity contribution is 5.44. The van der Waals surface area contributed by atoms with Crippen molar-refractivity contribution in [2.45, 2.75) is 44.7 Å². The number of nitrogens with zero attached hydrogens (tertiary/aromatic N) is 2. The second kappa shape index (κ2) is 4.65. The molecule has 1 aromatic rings. The summed E-state index contributed by atoms with van der Waals surface area (Å²) in [6.45, 7) is 4.62. The SMILES string of the molecule is Cc1cc(NC2CCN3CCCCC23)ccn1. The Morgan fingerprint density at radius 1 is 1.29 bits per heavy atom. The van der Waals surface area contributed by atoms with Crippen LogP contribution in [0.2, 0.25) is 0 Å². The van der Waals surface area contributed by atoms with Crippen LogP contribution >= 0.6 is 0 Å². The smallest absolute Gasteiger partial charge is 0.0429 e. The lowest BCUT2D eigenvalue weighted by molar-refractivity contribution is 0.193. The zero-order valence-electron chi connectivity index (χ0n) is 10.5. The molecule has 0 aromatic carbocycles. The first kappa shape index (κ1) is 11.0. The van der Waals surface area contributed by atoms with Crippen molar-refractivity contribution < 1.29 is 0 Å². The monoisotopic (exact) mass is 231 g/mol. The summed E-state index contributed by atoms with van der Waals surface area (Å²) in [4.78, 5) is 6.91. The Balaban J connectivity index is 1.69. The van der Waals surface area contributed by atoms with E-state index in [2.05, 4.69) is 27.3 Å². The summed E-state index contributed by atoms with van der Waals surface area (Å²) in [7, 11) is 0. The molecule has 2 aliphatic rings. The summed E-state index contributed by atoms with van der Waals surface area (Å²) in [6.07, 6.45) is 7.32. The topological polar surface area (TPSA) is 28.2 Å². The summed E-state index contributed by atoms with van der Waals surface area (Å²) in [6, 6.07) is 5.62. The molecule has 3 nitrogen and oxygen atoms in total. The Morgan fingerprint density at radius 3 is 3.12 bits per heavy atom. The molecule has 0 saturated carbocycles. The second-order valence-corrected chi connectivity index (χ2v) is 5.32. The third-order valence-corrected chi connectivity index (χ3v) is 4.10. The molecule has 0 radical (unpaired) electrons. The summed E-state index contributed by atoms with van der Waals surface area (Å²) in [5.74, 6) is 0. The molecule has 0 bridgehead atoms. The first-order chi connectivity index (χ1) is 8.33. The number of rotatable bonds is 2. The van der Waals surface area contributed by atoms with Crippen molar-refractivity contribution in [3.05, 3.63) is 24.0 Å². The van der Waals surface area contributed by atoms with Crippen molar-refractivity contribution in [3.63, 3.8) is 0 Å². The lowest BCUT2D eigenvalue weighted by Crippen LogP contribution is -2.41. The van der Waals surface area contributed by atoms with Gasteiger partial charge in [-0.1, -0.05) is 6.42 Å². The highest BCUT2D eigenvalue weighted by Crippen LogP contribution is 2.29. The van der Waals surface area contributed by atoms with Crippen LogP contribution in [0.1, 0.15) is 31.4 Å². The fraction of sp³-hybridized carbons (Fsp3) is 0.643. The predicted octanol–water partition coefficient (Wildman–Crippen LogP) is 2.43. The van der Waals surface area contributed by atoms with Gasteiger partial charge in [0.1, 0.15) is 0 Å². The maximum absolute atomic E-state index is 4.25. The number of aromatic nitrogens is 1. The molecule has 3 heteroatoms. The molecular weight excluding hydrogens is 210 g/mol. The van der Waals surface area contributed by atoms with Crippen molar-refractivity contribution >= 4 is 5.69 Å². The van der Waals surface area contributed by atoms with Gasteiger partial charge in [-0.2, -0.15) is 0 Å². The zero-order valence-corrected chi connectivity index (χ0v) is 10.5. The molecule has 1 N–H and O–H groups in total. The van der Waals surface area contributed by atoms with Crippen molar-refractivity contribution in [2.24, 2.45) is 0 Å². The Hall–Kier alpha value is -1.09. The standard InChI is InChI=1S/C14H21N3/c1-11-10-12(5-7-15-11)16-13-6-9-17-8-3-2-4-14(13)17/h5,7,10,13-14H,2-4,6,8-9H2,1H3,(H,15,16). The molecule has 2 aliphatic heterocycles. The quantitative estimate of drug-likeness (QED) is 0.847. The molecule has 2 saturated heterocycles. The number of anilines is 1. The van der Waals surface area contributed by atoms with E-state index in [0.29, 0.717) is 6.04 Å². The third-order valence-electron chi connectivity index (χ3n) is 4.10. The van der Waals surface area contributed by atoms with Gasteiger partial charge in [0.05, 0.1) is 0 Å². The average molecular weight is 231 g/mol. The molecular formula is C14H21N3. The molecule has 2 fully saturated rings. The predicted molar refractivity (Wildman–Crippen MR) is 70.2 cm³/mol. The van der Waals surface area contributed by atoms with E-state index < -0.39 is 0 Å². The van der Waals surface area contributed by atoms with Gasteiger partial charge in [0.2, 0.25) is 0 Å². The molecule has 3 rings (SSSR count). The highest BCUT2D eigenvalue weighted by atomic mass is 15.2. The Kier molecular flexibility index (Phi) is 3.02. The van der Waals surface area contributed by atoms with Crippen LogP contribution in [0.3, 0.4) is 0 Å². The molecule has 3 heterocycles. The second-order valence-electron chi connectivity index (χ2n) is 5.32. The van der Waals surface area contributed by atoms with E-state index in [-0.39, 0.29) is 0 Å². The molecule has 92 valence electrons. The van der Waals surface area contributed by atoms with Crippen molar-refractivity contribution in [1.29, 1.82) is 0 Å². The van der Waals surface area contributed by atoms with Gasteiger partial charge in [0, 0.05) is 36.2 Å². The van der Waals surface area contributed by atoms with E-state index in [1.165, 1.54) is 44.5 Å². The number of pyridine rings is 1. The number of hydrogen-bond acceptors (Lipinski definition) is 3. The van der Waals surface area contributed by atoms with Gasteiger partial charge in [-0.05, 0) is 44.9 Å². The first-order valence-electron chi connectivity index (χ1n) is 6.76. The minimum absolute atomic E-state index is 0.636. The van der Waals surface area contributed by atoms with E-state index in [9.17, 15) is 0 Å². The van der Waals surface area contributed by atoms with Gasteiger partial charge in [-0.25, -0.2) is 0 Å². The van der Waals surface area contributed by atoms with E-state index in [1.54, 1.807) is 0 Å². The van der Waals surface area contributed by atoms with Crippen LogP contribution in [0.25, 0.3) is 0 Å². The molecule has 2 atom stereocenters. The van der Waals surface area contributed by atoms with Crippen molar-refractivity contribution in [3.8, 4) is 0 Å². The minimum Gasteiger partial charge on any atom is -0.381 e. The van der Waals surface area contributed by atoms with Gasteiger partial charge < -0.3 is 5.32 Å². The van der Waals surface area contributed by atoms with Gasteiger partial charge in [0.15, 0.2) is 0 Å². The lowest BCUT2D eigenvalue weighted by Gasteiger charge is -2.33. The Labute approximate surface area is 103 Å². The minimum atomic E-state index is 0.636. The van der Waals surface area contributed by atoms with E-state index in [4.69, 9.17) is 0 Å². The Morgan fingerprint density at radius 2 is 2.24 bits per heavy atom. The maximum atomic E-state index is 4.25. The maximum Gasteiger partial charge on any atom is 0.0429 e. The summed E-state index contributed by atoms with van der Waals surface area (Å²) in [5.41, 5.74) is 2.32. The molecule has 0 spiro atoms. The van der Waals surface area contributed by atoms with Crippen molar-refractivity contribution in [2.75, 3.05) is 18.4 Å². The summed E-state index contributed by atoms with van der Waals surface area (Å²) in [5, 5.41) is 3.70. The molecule has 0 aliphatic carbocycles. The van der Waals surface area contributed by atoms with Crippen LogP contribution in [-0.4, -0.2) is 35.1 Å². The number of piperidine rings is 1. The number of fused-ring (bicyclic) bond motifs is 1. The van der Waals surface area contributed by atoms with Crippen molar-refractivity contribution in [1.82, 2.24) is 9.88 Å². The molecule has 0 amide bonds. The van der Waals surface area contributed by atoms with Crippen LogP contribution in [0.4, 0.5) is 5.69 Å². The Bertz CT molecular complexity index is 391. The molecule has 17 heavy (non-hydrogen) atoms. The molecule has 2 unspecified atom stereocenters. The van der Waals surface area contributed by atoms with Crippen LogP contribution in [-0.2, 0) is 0 Å². The zero-order chi connectivity index (χ0) is 11.7. The summed E-state index contributed by atoms with van der Waals surface area (Å²) >= 11 is 0. The average Bonchev–Trinajstić information content (AvgIpc) is 2.73. The third kappa shape index (κ3) is 2.29. The largest absolute Gasteiger partial charge is 0.381 e. The van der Waals surface area contributed by atoms with Gasteiger partial charge in [0.25, 0.3) is 0 Å². The fourth-order valence-corrected chi connectivity index (χ4v) is 3.27. The van der Waals surface area contributed by atoms with E-state index >= 15 is 0 Å². The molecule has 1 aromatic heterocycles. The van der Waals surface area contributed by atoms with Crippen LogP contribution < -0.4 is 5.32 Å². The number of hydrogen-bond donors (Lipinski definition) is 1. The lowest BCUT2D eigenvalue weighted by atomic mass is 9.99. The first-order valence-corrected chi connectivity index (χ1v) is 6.76. The van der Waals surface area contributed by atoms with E-state index in [0.717, 1.165) is 11.7 Å². The van der Waals surface area contributed by atoms with Gasteiger partial charge in [-0.3, -0.25) is 9.88 Å². The van der Waals surface area contributed by atoms with Crippen LogP contribution in [0.5, 0.6) is 0 Å². The van der Waals surface area contributed by atoms with Gasteiger partial charge in [-0.15, -0.1) is 0 Å². The fourth-order valence-electron chi connectivity index (χ4n) is 3.27. The number of nitrogens with one attached hydrogen (secondary N) is 1. The normalized spacial score (nSPS) is 29.0.